The largest absolute Gasteiger partial charge is 0.210 e. The maximum atomic E-state index is 6.28. The first-order valence-corrected chi connectivity index (χ1v) is 1.86. The fourth-order valence-electron chi connectivity index (χ4n) is 0.158. The molecule has 0 saturated heterocycles. The van der Waals surface area contributed by atoms with Crippen molar-refractivity contribution in [2.24, 2.45) is 5.11 Å². The lowest BCUT2D eigenvalue weighted by Crippen LogP contribution is -1.61. The predicted molar refractivity (Wildman–Crippen MR) is 24.8 cm³/mol. The highest BCUT2D eigenvalue weighted by Crippen LogP contribution is 1.69. The third-order valence-corrected chi connectivity index (χ3v) is 0.432. The number of hydrogen-bond acceptors (Lipinski definition) is 2. The van der Waals surface area contributed by atoms with Gasteiger partial charge in [-0.1, -0.05) is 12.2 Å². The van der Waals surface area contributed by atoms with E-state index in [0.717, 1.165) is 0 Å². The fraction of sp³-hybridized carbons (Fsp3) is 0.500. The van der Waals surface area contributed by atoms with E-state index < -0.39 is 0 Å². The molecule has 0 aliphatic heterocycles. The smallest absolute Gasteiger partial charge is 0.0777 e. The van der Waals surface area contributed by atoms with Gasteiger partial charge in [0.25, 0.3) is 0 Å². The molecule has 0 fully saturated rings. The number of rotatable bonds is 2. The third kappa shape index (κ3) is 3.34. The maximum Gasteiger partial charge on any atom is 0.0777 e. The minimum atomic E-state index is 0.524. The molecule has 0 aliphatic rings. The van der Waals surface area contributed by atoms with E-state index in [1.807, 2.05) is 19.1 Å². The highest BCUT2D eigenvalue weighted by atomic mass is 14.9. The van der Waals surface area contributed by atoms with Crippen molar-refractivity contribution in [3.05, 3.63) is 12.2 Å². The van der Waals surface area contributed by atoms with Crippen LogP contribution in [0.25, 0.3) is 0 Å². The van der Waals surface area contributed by atoms with Gasteiger partial charge in [0.1, 0.15) is 0 Å². The summed E-state index contributed by atoms with van der Waals surface area (Å²) in [5, 5.41) is 3.09. The van der Waals surface area contributed by atoms with Crippen LogP contribution in [0.15, 0.2) is 17.3 Å². The fourth-order valence-corrected chi connectivity index (χ4v) is 0.158. The van der Waals surface area contributed by atoms with Crippen LogP contribution in [-0.2, 0) is 0 Å². The molecule has 0 amide bonds. The van der Waals surface area contributed by atoms with Gasteiger partial charge >= 0.3 is 0 Å². The molecule has 0 radical (unpaired) electrons. The van der Waals surface area contributed by atoms with E-state index in [4.69, 9.17) is 5.53 Å². The van der Waals surface area contributed by atoms with Crippen LogP contribution in [-0.4, -0.2) is 6.54 Å². The van der Waals surface area contributed by atoms with E-state index in [0.29, 0.717) is 6.54 Å². The first-order chi connectivity index (χ1) is 2.91. The van der Waals surface area contributed by atoms with Crippen LogP contribution in [0.3, 0.4) is 0 Å². The number of nitrogens with one attached hydrogen (secondary N) is 1. The Balaban J connectivity index is 2.85. The number of nitrogens with zero attached hydrogens (tertiary/aromatic N) is 1. The van der Waals surface area contributed by atoms with Crippen LogP contribution < -0.4 is 0 Å². The van der Waals surface area contributed by atoms with Gasteiger partial charge in [-0.3, -0.25) is 0 Å². The van der Waals surface area contributed by atoms with E-state index in [9.17, 15) is 0 Å². The Hall–Kier alpha value is -0.660. The molecule has 0 aromatic rings. The molecule has 0 bridgehead atoms. The van der Waals surface area contributed by atoms with Crippen LogP contribution in [0, 0.1) is 5.53 Å². The maximum absolute atomic E-state index is 6.28. The summed E-state index contributed by atoms with van der Waals surface area (Å²) in [6.45, 7) is 2.43. The van der Waals surface area contributed by atoms with Crippen LogP contribution >= 0.6 is 0 Å². The van der Waals surface area contributed by atoms with Gasteiger partial charge in [-0.05, 0) is 6.92 Å². The van der Waals surface area contributed by atoms with Gasteiger partial charge in [0.2, 0.25) is 0 Å². The van der Waals surface area contributed by atoms with Gasteiger partial charge in [-0.15, -0.1) is 0 Å². The van der Waals surface area contributed by atoms with E-state index in [-0.39, 0.29) is 0 Å². The van der Waals surface area contributed by atoms with E-state index in [1.54, 1.807) is 0 Å². The van der Waals surface area contributed by atoms with Crippen molar-refractivity contribution in [3.63, 3.8) is 0 Å². The standard InChI is InChI=1S/C4H8N2/c1-2-3-4-6-5/h2-3,5H,4H2,1H3. The van der Waals surface area contributed by atoms with E-state index in [1.165, 1.54) is 0 Å². The number of hydrogen-bond donors (Lipinski definition) is 1. The molecule has 6 heavy (non-hydrogen) atoms. The molecule has 0 aromatic heterocycles. The topological polar surface area (TPSA) is 36.2 Å². The van der Waals surface area contributed by atoms with Crippen molar-refractivity contribution in [1.29, 1.82) is 5.53 Å². The molecule has 0 atom stereocenters. The summed E-state index contributed by atoms with van der Waals surface area (Å²) in [6, 6.07) is 0. The molecular weight excluding hydrogens is 76.1 g/mol. The molecule has 0 saturated carbocycles. The van der Waals surface area contributed by atoms with Gasteiger partial charge in [0, 0.05) is 0 Å². The van der Waals surface area contributed by atoms with Gasteiger partial charge in [-0.2, -0.15) is 5.11 Å². The average molecular weight is 84.1 g/mol. The van der Waals surface area contributed by atoms with Crippen LogP contribution in [0.5, 0.6) is 0 Å². The van der Waals surface area contributed by atoms with Crippen molar-refractivity contribution in [2.75, 3.05) is 6.54 Å². The normalized spacial score (nSPS) is 9.50. The Labute approximate surface area is 37.4 Å². The highest BCUT2D eigenvalue weighted by molar-refractivity contribution is 4.77. The second kappa shape index (κ2) is 4.34. The van der Waals surface area contributed by atoms with Gasteiger partial charge < -0.3 is 0 Å². The zero-order valence-corrected chi connectivity index (χ0v) is 3.81. The molecule has 0 rings (SSSR count). The zero-order chi connectivity index (χ0) is 4.83. The lowest BCUT2D eigenvalue weighted by atomic mass is 10.5. The monoisotopic (exact) mass is 84.1 g/mol. The summed E-state index contributed by atoms with van der Waals surface area (Å²) in [6.07, 6.45) is 3.70. The summed E-state index contributed by atoms with van der Waals surface area (Å²) in [5.74, 6) is 0. The zero-order valence-electron chi connectivity index (χ0n) is 3.81. The van der Waals surface area contributed by atoms with Gasteiger partial charge in [-0.25, -0.2) is 5.53 Å². The summed E-state index contributed by atoms with van der Waals surface area (Å²) in [4.78, 5) is 0. The Morgan fingerprint density at radius 3 is 2.67 bits per heavy atom. The molecule has 0 unspecified atom stereocenters. The molecule has 1 N–H and O–H groups in total. The van der Waals surface area contributed by atoms with Crippen molar-refractivity contribution in [2.45, 2.75) is 6.92 Å². The second-order valence-corrected chi connectivity index (χ2v) is 0.910. The first kappa shape index (κ1) is 5.34. The molecular formula is C4H8N2. The van der Waals surface area contributed by atoms with Crippen molar-refractivity contribution >= 4 is 0 Å². The summed E-state index contributed by atoms with van der Waals surface area (Å²) in [5.41, 5.74) is 6.28. The molecule has 0 aliphatic carbocycles. The quantitative estimate of drug-likeness (QED) is 0.389. The van der Waals surface area contributed by atoms with Gasteiger partial charge in [0.15, 0.2) is 0 Å². The SMILES string of the molecule is CC=CCN=N. The predicted octanol–water partition coefficient (Wildman–Crippen LogP) is 1.59. The molecule has 2 nitrogen and oxygen atoms in total. The third-order valence-electron chi connectivity index (χ3n) is 0.432. The first-order valence-electron chi connectivity index (χ1n) is 1.86. The van der Waals surface area contributed by atoms with E-state index in [2.05, 4.69) is 5.11 Å². The molecule has 34 valence electrons. The van der Waals surface area contributed by atoms with E-state index >= 15 is 0 Å². The lowest BCUT2D eigenvalue weighted by Gasteiger charge is -1.69. The molecule has 0 spiro atoms. The summed E-state index contributed by atoms with van der Waals surface area (Å²) < 4.78 is 0. The van der Waals surface area contributed by atoms with Crippen molar-refractivity contribution in [1.82, 2.24) is 0 Å². The summed E-state index contributed by atoms with van der Waals surface area (Å²) >= 11 is 0. The Morgan fingerprint density at radius 2 is 2.50 bits per heavy atom. The Kier molecular flexibility index (Phi) is 3.86. The minimum absolute atomic E-state index is 0.524. The van der Waals surface area contributed by atoms with Crippen molar-refractivity contribution in [3.8, 4) is 0 Å². The van der Waals surface area contributed by atoms with Crippen LogP contribution in [0.4, 0.5) is 0 Å². The average Bonchev–Trinajstić information content (AvgIpc) is 1.61. The molecule has 0 aromatic carbocycles. The van der Waals surface area contributed by atoms with Gasteiger partial charge in [0.05, 0.1) is 6.54 Å². The Morgan fingerprint density at radius 1 is 1.83 bits per heavy atom. The van der Waals surface area contributed by atoms with Crippen LogP contribution in [0.1, 0.15) is 6.92 Å². The minimum Gasteiger partial charge on any atom is -0.210 e. The summed E-state index contributed by atoms with van der Waals surface area (Å²) in [7, 11) is 0. The van der Waals surface area contributed by atoms with Crippen LogP contribution in [0.2, 0.25) is 0 Å². The number of allylic oxidation sites excluding steroid dienone is 1. The van der Waals surface area contributed by atoms with Crippen molar-refractivity contribution < 1.29 is 0 Å². The molecule has 2 heteroatoms. The second-order valence-electron chi connectivity index (χ2n) is 0.910. The Bertz CT molecular complexity index is 56.6. The lowest BCUT2D eigenvalue weighted by molar-refractivity contribution is 1.00. The molecule has 0 heterocycles. The highest BCUT2D eigenvalue weighted by Gasteiger charge is 1.59.